The first kappa shape index (κ1) is 8.00. The third-order valence-corrected chi connectivity index (χ3v) is 1.37. The van der Waals surface area contributed by atoms with Crippen LogP contribution in [0.3, 0.4) is 0 Å². The normalized spacial score (nSPS) is 10.9. The molecular weight excluding hydrogens is 144 g/mol. The molecule has 0 saturated carbocycles. The molecule has 0 unspecified atom stereocenters. The Morgan fingerprint density at radius 3 is 2.64 bits per heavy atom. The molecule has 0 spiro atoms. The Bertz CT molecular complexity index is 285. The van der Waals surface area contributed by atoms with Crippen molar-refractivity contribution in [3.8, 4) is 0 Å². The lowest BCUT2D eigenvalue weighted by Gasteiger charge is -2.00. The van der Waals surface area contributed by atoms with Crippen LogP contribution in [0, 0.1) is 0 Å². The summed E-state index contributed by atoms with van der Waals surface area (Å²) in [6, 6.07) is 0.0825. The van der Waals surface area contributed by atoms with Crippen LogP contribution in [0.2, 0.25) is 0 Å². The smallest absolute Gasteiger partial charge is 0.324 e. The van der Waals surface area contributed by atoms with Crippen LogP contribution in [0.15, 0.2) is 4.79 Å². The van der Waals surface area contributed by atoms with E-state index in [2.05, 4.69) is 10.1 Å². The molecule has 1 aromatic rings. The van der Waals surface area contributed by atoms with Crippen molar-refractivity contribution in [2.45, 2.75) is 26.4 Å². The monoisotopic (exact) mass is 156 g/mol. The molecule has 11 heavy (non-hydrogen) atoms. The lowest BCUT2D eigenvalue weighted by molar-refractivity contribution is 0.510. The van der Waals surface area contributed by atoms with E-state index in [1.165, 1.54) is 4.68 Å². The second-order valence-electron chi connectivity index (χ2n) is 2.62. The minimum Gasteiger partial charge on any atom is -0.324 e. The van der Waals surface area contributed by atoms with Gasteiger partial charge in [-0.1, -0.05) is 0 Å². The Balaban J connectivity index is 3.07. The number of nitrogens with two attached hydrogens (primary N) is 1. The van der Waals surface area contributed by atoms with Crippen LogP contribution < -0.4 is 11.4 Å². The summed E-state index contributed by atoms with van der Waals surface area (Å²) in [6.07, 6.45) is 0. The topological polar surface area (TPSA) is 76.7 Å². The van der Waals surface area contributed by atoms with Gasteiger partial charge < -0.3 is 5.73 Å². The zero-order valence-corrected chi connectivity index (χ0v) is 6.66. The van der Waals surface area contributed by atoms with E-state index >= 15 is 0 Å². The standard InChI is InChI=1S/C6H12N4O/c1-4(2)10-6(11)8-5(3-7)9-10/h4H,3,7H2,1-2H3,(H,8,9,11). The van der Waals surface area contributed by atoms with Crippen LogP contribution >= 0.6 is 0 Å². The van der Waals surface area contributed by atoms with Gasteiger partial charge in [-0.15, -0.1) is 0 Å². The zero-order valence-electron chi connectivity index (χ0n) is 6.66. The molecule has 0 bridgehead atoms. The van der Waals surface area contributed by atoms with Gasteiger partial charge in [0.2, 0.25) is 0 Å². The lowest BCUT2D eigenvalue weighted by Crippen LogP contribution is -2.19. The SMILES string of the molecule is CC(C)n1nc(CN)[nH]c1=O. The van der Waals surface area contributed by atoms with Gasteiger partial charge in [0.05, 0.1) is 12.6 Å². The fourth-order valence-electron chi connectivity index (χ4n) is 0.823. The van der Waals surface area contributed by atoms with Crippen molar-refractivity contribution in [2.24, 2.45) is 5.73 Å². The highest BCUT2D eigenvalue weighted by atomic mass is 16.2. The maximum Gasteiger partial charge on any atom is 0.343 e. The molecule has 0 aliphatic rings. The molecule has 1 rings (SSSR count). The van der Waals surface area contributed by atoms with Gasteiger partial charge in [-0.25, -0.2) is 9.48 Å². The highest BCUT2D eigenvalue weighted by Gasteiger charge is 2.05. The van der Waals surface area contributed by atoms with Gasteiger partial charge in [0.1, 0.15) is 5.82 Å². The predicted octanol–water partition coefficient (Wildman–Crippen LogP) is -0.389. The molecule has 3 N–H and O–H groups in total. The number of rotatable bonds is 2. The summed E-state index contributed by atoms with van der Waals surface area (Å²) in [7, 11) is 0. The van der Waals surface area contributed by atoms with Gasteiger partial charge >= 0.3 is 5.69 Å². The highest BCUT2D eigenvalue weighted by molar-refractivity contribution is 4.81. The molecule has 5 heteroatoms. The van der Waals surface area contributed by atoms with Gasteiger partial charge in [0.15, 0.2) is 0 Å². The number of H-pyrrole nitrogens is 1. The molecule has 62 valence electrons. The molecule has 0 aromatic carbocycles. The van der Waals surface area contributed by atoms with Crippen molar-refractivity contribution in [2.75, 3.05) is 0 Å². The number of nitrogens with one attached hydrogen (secondary N) is 1. The second-order valence-corrected chi connectivity index (χ2v) is 2.62. The number of aromatic amines is 1. The first-order valence-electron chi connectivity index (χ1n) is 3.53. The number of aromatic nitrogens is 3. The summed E-state index contributed by atoms with van der Waals surface area (Å²) in [5, 5.41) is 3.95. The summed E-state index contributed by atoms with van der Waals surface area (Å²) in [5.74, 6) is 0.531. The minimum absolute atomic E-state index is 0.0825. The molecule has 0 fully saturated rings. The van der Waals surface area contributed by atoms with Gasteiger partial charge in [-0.2, -0.15) is 5.10 Å². The Hall–Kier alpha value is -1.10. The van der Waals surface area contributed by atoms with Crippen LogP contribution in [0.4, 0.5) is 0 Å². The quantitative estimate of drug-likeness (QED) is 0.612. The third kappa shape index (κ3) is 1.48. The molecule has 0 saturated heterocycles. The molecular formula is C6H12N4O. The first-order chi connectivity index (χ1) is 5.15. The van der Waals surface area contributed by atoms with Crippen molar-refractivity contribution in [1.29, 1.82) is 0 Å². The average molecular weight is 156 g/mol. The van der Waals surface area contributed by atoms with E-state index in [-0.39, 0.29) is 18.3 Å². The van der Waals surface area contributed by atoms with E-state index < -0.39 is 0 Å². The van der Waals surface area contributed by atoms with Crippen LogP contribution in [0.1, 0.15) is 25.7 Å². The highest BCUT2D eigenvalue weighted by Crippen LogP contribution is 1.95. The van der Waals surface area contributed by atoms with Gasteiger partial charge in [-0.3, -0.25) is 4.98 Å². The predicted molar refractivity (Wildman–Crippen MR) is 41.1 cm³/mol. The Kier molecular flexibility index (Phi) is 2.09. The Morgan fingerprint density at radius 1 is 1.73 bits per heavy atom. The third-order valence-electron chi connectivity index (χ3n) is 1.37. The van der Waals surface area contributed by atoms with Crippen molar-refractivity contribution in [3.63, 3.8) is 0 Å². The summed E-state index contributed by atoms with van der Waals surface area (Å²) in [5.41, 5.74) is 5.09. The minimum atomic E-state index is -0.194. The Morgan fingerprint density at radius 2 is 2.36 bits per heavy atom. The van der Waals surface area contributed by atoms with Crippen LogP contribution in [0.25, 0.3) is 0 Å². The van der Waals surface area contributed by atoms with Crippen LogP contribution in [-0.2, 0) is 6.54 Å². The van der Waals surface area contributed by atoms with E-state index in [1.54, 1.807) is 0 Å². The number of hydrogen-bond acceptors (Lipinski definition) is 3. The van der Waals surface area contributed by atoms with Gasteiger partial charge in [0.25, 0.3) is 0 Å². The number of nitrogens with zero attached hydrogens (tertiary/aromatic N) is 2. The fourth-order valence-corrected chi connectivity index (χ4v) is 0.823. The molecule has 1 heterocycles. The lowest BCUT2D eigenvalue weighted by atomic mass is 10.4. The maximum absolute atomic E-state index is 11.0. The molecule has 0 amide bonds. The van der Waals surface area contributed by atoms with Crippen molar-refractivity contribution in [1.82, 2.24) is 14.8 Å². The summed E-state index contributed by atoms with van der Waals surface area (Å²) in [4.78, 5) is 13.6. The average Bonchev–Trinajstić information content (AvgIpc) is 2.30. The van der Waals surface area contributed by atoms with Gasteiger partial charge in [0, 0.05) is 0 Å². The first-order valence-corrected chi connectivity index (χ1v) is 3.53. The summed E-state index contributed by atoms with van der Waals surface area (Å²) >= 11 is 0. The van der Waals surface area contributed by atoms with Crippen molar-refractivity contribution >= 4 is 0 Å². The van der Waals surface area contributed by atoms with Gasteiger partial charge in [-0.05, 0) is 13.8 Å². The van der Waals surface area contributed by atoms with Crippen molar-refractivity contribution in [3.05, 3.63) is 16.3 Å². The van der Waals surface area contributed by atoms with E-state index in [9.17, 15) is 4.79 Å². The Labute approximate surface area is 64.2 Å². The van der Waals surface area contributed by atoms with Crippen LogP contribution in [0.5, 0.6) is 0 Å². The van der Waals surface area contributed by atoms with E-state index in [4.69, 9.17) is 5.73 Å². The molecule has 0 atom stereocenters. The van der Waals surface area contributed by atoms with E-state index in [1.807, 2.05) is 13.8 Å². The molecule has 1 aromatic heterocycles. The summed E-state index contributed by atoms with van der Waals surface area (Å²) in [6.45, 7) is 4.06. The number of hydrogen-bond donors (Lipinski definition) is 2. The maximum atomic E-state index is 11.0. The largest absolute Gasteiger partial charge is 0.343 e. The molecule has 0 aliphatic carbocycles. The van der Waals surface area contributed by atoms with Crippen LogP contribution in [-0.4, -0.2) is 14.8 Å². The van der Waals surface area contributed by atoms with Crippen molar-refractivity contribution < 1.29 is 0 Å². The fraction of sp³-hybridized carbons (Fsp3) is 0.667. The van der Waals surface area contributed by atoms with E-state index in [0.717, 1.165) is 0 Å². The molecule has 0 aliphatic heterocycles. The summed E-state index contributed by atoms with van der Waals surface area (Å²) < 4.78 is 1.38. The second kappa shape index (κ2) is 2.87. The molecule has 0 radical (unpaired) electrons. The molecule has 5 nitrogen and oxygen atoms in total. The van der Waals surface area contributed by atoms with E-state index in [0.29, 0.717) is 5.82 Å². The zero-order chi connectivity index (χ0) is 8.43.